The molecule has 122 valence electrons. The minimum absolute atomic E-state index is 0.0289. The van der Waals surface area contributed by atoms with Gasteiger partial charge < -0.3 is 10.1 Å². The highest BCUT2D eigenvalue weighted by atomic mass is 16.5. The Morgan fingerprint density at radius 3 is 2.86 bits per heavy atom. The van der Waals surface area contributed by atoms with Gasteiger partial charge in [-0.3, -0.25) is 19.6 Å². The first-order chi connectivity index (χ1) is 10.7. The third-order valence-corrected chi connectivity index (χ3v) is 3.91. The standard InChI is InChI=1S/C16H26N4O2/c1-3-22-11-10-20-9-8-19(12-14(20)2)13-16(21)18-15-4-6-17-7-5-15/h4-7,14H,3,8-13H2,1-2H3,(H,17,18,21)/t14-/m1/s1. The van der Waals surface area contributed by atoms with Gasteiger partial charge in [0.15, 0.2) is 0 Å². The molecule has 0 aromatic carbocycles. The maximum absolute atomic E-state index is 12.1. The normalized spacial score (nSPS) is 20.0. The maximum Gasteiger partial charge on any atom is 0.238 e. The number of ether oxygens (including phenoxy) is 1. The molecule has 0 aliphatic carbocycles. The fraction of sp³-hybridized carbons (Fsp3) is 0.625. The number of rotatable bonds is 7. The largest absolute Gasteiger partial charge is 0.380 e. The van der Waals surface area contributed by atoms with Crippen LogP contribution in [0.25, 0.3) is 0 Å². The van der Waals surface area contributed by atoms with Crippen LogP contribution in [-0.2, 0) is 9.53 Å². The van der Waals surface area contributed by atoms with Crippen LogP contribution in [-0.4, -0.2) is 72.7 Å². The molecule has 2 rings (SSSR count). The minimum atomic E-state index is 0.0289. The number of nitrogens with one attached hydrogen (secondary N) is 1. The Labute approximate surface area is 132 Å². The molecule has 1 aromatic rings. The Kier molecular flexibility index (Phi) is 6.76. The van der Waals surface area contributed by atoms with E-state index in [1.54, 1.807) is 24.5 Å². The van der Waals surface area contributed by atoms with Crippen molar-refractivity contribution in [1.82, 2.24) is 14.8 Å². The summed E-state index contributed by atoms with van der Waals surface area (Å²) in [7, 11) is 0. The van der Waals surface area contributed by atoms with E-state index in [0.717, 1.165) is 45.1 Å². The molecule has 1 aromatic heterocycles. The summed E-state index contributed by atoms with van der Waals surface area (Å²) in [5.74, 6) is 0.0289. The Hall–Kier alpha value is -1.50. The highest BCUT2D eigenvalue weighted by molar-refractivity contribution is 5.92. The second kappa shape index (κ2) is 8.82. The molecule has 0 spiro atoms. The number of piperazine rings is 1. The van der Waals surface area contributed by atoms with E-state index < -0.39 is 0 Å². The van der Waals surface area contributed by atoms with E-state index in [1.807, 2.05) is 6.92 Å². The lowest BCUT2D eigenvalue weighted by atomic mass is 10.2. The summed E-state index contributed by atoms with van der Waals surface area (Å²) in [6, 6.07) is 4.04. The van der Waals surface area contributed by atoms with Crippen molar-refractivity contribution >= 4 is 11.6 Å². The molecule has 1 N–H and O–H groups in total. The lowest BCUT2D eigenvalue weighted by molar-refractivity contribution is -0.118. The van der Waals surface area contributed by atoms with Crippen molar-refractivity contribution in [2.24, 2.45) is 0 Å². The smallest absolute Gasteiger partial charge is 0.238 e. The molecule has 0 radical (unpaired) electrons. The third kappa shape index (κ3) is 5.36. The second-order valence-corrected chi connectivity index (χ2v) is 5.60. The zero-order valence-electron chi connectivity index (χ0n) is 13.5. The summed E-state index contributed by atoms with van der Waals surface area (Å²) in [6.07, 6.45) is 3.35. The van der Waals surface area contributed by atoms with E-state index >= 15 is 0 Å². The Balaban J connectivity index is 1.72. The van der Waals surface area contributed by atoms with Gasteiger partial charge in [0.1, 0.15) is 0 Å². The number of carbonyl (C=O) groups is 1. The van der Waals surface area contributed by atoms with Crippen LogP contribution in [0.3, 0.4) is 0 Å². The van der Waals surface area contributed by atoms with Crippen molar-refractivity contribution in [3.05, 3.63) is 24.5 Å². The second-order valence-electron chi connectivity index (χ2n) is 5.60. The summed E-state index contributed by atoms with van der Waals surface area (Å²) in [5, 5.41) is 2.90. The van der Waals surface area contributed by atoms with E-state index in [9.17, 15) is 4.79 Å². The molecule has 6 nitrogen and oxygen atoms in total. The predicted molar refractivity (Wildman–Crippen MR) is 86.8 cm³/mol. The molecule has 0 bridgehead atoms. The molecule has 1 aliphatic rings. The monoisotopic (exact) mass is 306 g/mol. The molecule has 1 fully saturated rings. The quantitative estimate of drug-likeness (QED) is 0.764. The molecule has 2 heterocycles. The first-order valence-corrected chi connectivity index (χ1v) is 7.93. The van der Waals surface area contributed by atoms with Gasteiger partial charge in [0.05, 0.1) is 13.2 Å². The number of amides is 1. The fourth-order valence-corrected chi connectivity index (χ4v) is 2.71. The Bertz CT molecular complexity index is 455. The number of aromatic nitrogens is 1. The number of pyridine rings is 1. The van der Waals surface area contributed by atoms with Gasteiger partial charge in [0, 0.05) is 56.9 Å². The van der Waals surface area contributed by atoms with Crippen LogP contribution in [0.1, 0.15) is 13.8 Å². The van der Waals surface area contributed by atoms with Crippen molar-refractivity contribution in [3.63, 3.8) is 0 Å². The van der Waals surface area contributed by atoms with E-state index in [2.05, 4.69) is 27.0 Å². The summed E-state index contributed by atoms with van der Waals surface area (Å²) in [5.41, 5.74) is 0.795. The first-order valence-electron chi connectivity index (χ1n) is 7.93. The molecule has 1 aliphatic heterocycles. The summed E-state index contributed by atoms with van der Waals surface area (Å²) in [4.78, 5) is 20.6. The SMILES string of the molecule is CCOCCN1CCN(CC(=O)Nc2ccncc2)C[C@H]1C. The van der Waals surface area contributed by atoms with Gasteiger partial charge >= 0.3 is 0 Å². The van der Waals surface area contributed by atoms with Gasteiger partial charge in [-0.1, -0.05) is 0 Å². The van der Waals surface area contributed by atoms with Crippen molar-refractivity contribution in [2.45, 2.75) is 19.9 Å². The molecule has 1 atom stereocenters. The molecular formula is C16H26N4O2. The van der Waals surface area contributed by atoms with Crippen LogP contribution in [0.4, 0.5) is 5.69 Å². The van der Waals surface area contributed by atoms with Gasteiger partial charge in [-0.2, -0.15) is 0 Å². The van der Waals surface area contributed by atoms with Gasteiger partial charge in [0.2, 0.25) is 5.91 Å². The van der Waals surface area contributed by atoms with E-state index in [4.69, 9.17) is 4.74 Å². The lowest BCUT2D eigenvalue weighted by Gasteiger charge is -2.39. The zero-order valence-corrected chi connectivity index (χ0v) is 13.5. The summed E-state index contributed by atoms with van der Waals surface area (Å²) >= 11 is 0. The number of carbonyl (C=O) groups excluding carboxylic acids is 1. The van der Waals surface area contributed by atoms with E-state index in [0.29, 0.717) is 12.6 Å². The van der Waals surface area contributed by atoms with Crippen molar-refractivity contribution in [2.75, 3.05) is 51.3 Å². The average molecular weight is 306 g/mol. The Morgan fingerprint density at radius 1 is 1.41 bits per heavy atom. The van der Waals surface area contributed by atoms with Gasteiger partial charge in [0.25, 0.3) is 0 Å². The molecule has 0 unspecified atom stereocenters. The first kappa shape index (κ1) is 16.9. The minimum Gasteiger partial charge on any atom is -0.380 e. The van der Waals surface area contributed by atoms with Gasteiger partial charge in [-0.05, 0) is 26.0 Å². The highest BCUT2D eigenvalue weighted by Crippen LogP contribution is 2.10. The summed E-state index contributed by atoms with van der Waals surface area (Å²) in [6.45, 7) is 9.99. The molecule has 0 saturated carbocycles. The van der Waals surface area contributed by atoms with Crippen molar-refractivity contribution < 1.29 is 9.53 Å². The number of nitrogens with zero attached hydrogens (tertiary/aromatic N) is 3. The zero-order chi connectivity index (χ0) is 15.8. The van der Waals surface area contributed by atoms with Crippen LogP contribution in [0.5, 0.6) is 0 Å². The van der Waals surface area contributed by atoms with E-state index in [1.165, 1.54) is 0 Å². The number of hydrogen-bond donors (Lipinski definition) is 1. The van der Waals surface area contributed by atoms with Crippen LogP contribution in [0, 0.1) is 0 Å². The molecule has 6 heteroatoms. The molecular weight excluding hydrogens is 280 g/mol. The third-order valence-electron chi connectivity index (χ3n) is 3.91. The van der Waals surface area contributed by atoms with Crippen LogP contribution in [0.2, 0.25) is 0 Å². The fourth-order valence-electron chi connectivity index (χ4n) is 2.71. The maximum atomic E-state index is 12.1. The van der Waals surface area contributed by atoms with Crippen LogP contribution in [0.15, 0.2) is 24.5 Å². The van der Waals surface area contributed by atoms with Crippen molar-refractivity contribution in [1.29, 1.82) is 0 Å². The highest BCUT2D eigenvalue weighted by Gasteiger charge is 2.24. The lowest BCUT2D eigenvalue weighted by Crippen LogP contribution is -2.54. The van der Waals surface area contributed by atoms with Crippen LogP contribution >= 0.6 is 0 Å². The summed E-state index contributed by atoms with van der Waals surface area (Å²) < 4.78 is 5.42. The Morgan fingerprint density at radius 2 is 2.18 bits per heavy atom. The van der Waals surface area contributed by atoms with E-state index in [-0.39, 0.29) is 5.91 Å². The number of anilines is 1. The average Bonchev–Trinajstić information content (AvgIpc) is 2.50. The topological polar surface area (TPSA) is 57.7 Å². The molecule has 1 amide bonds. The number of hydrogen-bond acceptors (Lipinski definition) is 5. The van der Waals surface area contributed by atoms with Gasteiger partial charge in [-0.25, -0.2) is 0 Å². The predicted octanol–water partition coefficient (Wildman–Crippen LogP) is 1.06. The molecule has 1 saturated heterocycles. The van der Waals surface area contributed by atoms with Crippen molar-refractivity contribution in [3.8, 4) is 0 Å². The van der Waals surface area contributed by atoms with Crippen LogP contribution < -0.4 is 5.32 Å². The molecule has 22 heavy (non-hydrogen) atoms. The van der Waals surface area contributed by atoms with Gasteiger partial charge in [-0.15, -0.1) is 0 Å².